The van der Waals surface area contributed by atoms with E-state index in [1.165, 1.54) is 6.07 Å². The molecule has 0 saturated heterocycles. The van der Waals surface area contributed by atoms with Gasteiger partial charge >= 0.3 is 0 Å². The normalized spacial score (nSPS) is 11.4. The summed E-state index contributed by atoms with van der Waals surface area (Å²) in [5.74, 6) is -0.374. The molecule has 0 aliphatic rings. The van der Waals surface area contributed by atoms with Gasteiger partial charge in [-0.3, -0.25) is 0 Å². The molecule has 1 aromatic heterocycles. The zero-order valence-electron chi connectivity index (χ0n) is 11.2. The number of nitriles is 1. The molecule has 0 radical (unpaired) electrons. The van der Waals surface area contributed by atoms with Crippen LogP contribution in [0.5, 0.6) is 0 Å². The Balaban J connectivity index is 2.54. The van der Waals surface area contributed by atoms with E-state index in [9.17, 15) is 9.65 Å². The summed E-state index contributed by atoms with van der Waals surface area (Å²) in [6.07, 6.45) is 1.74. The fourth-order valence-electron chi connectivity index (χ4n) is 2.04. The molecule has 1 heterocycles. The van der Waals surface area contributed by atoms with Gasteiger partial charge < -0.3 is 4.57 Å². The van der Waals surface area contributed by atoms with Gasteiger partial charge in [-0.15, -0.1) is 0 Å². The van der Waals surface area contributed by atoms with Crippen LogP contribution in [-0.4, -0.2) is 4.57 Å². The Bertz CT molecular complexity index is 687. The van der Waals surface area contributed by atoms with E-state index in [1.54, 1.807) is 24.3 Å². The number of aromatic nitrogens is 1. The molecule has 96 valence electrons. The summed E-state index contributed by atoms with van der Waals surface area (Å²) in [4.78, 5) is 0. The summed E-state index contributed by atoms with van der Waals surface area (Å²) in [5.41, 5.74) is 3.79. The summed E-state index contributed by atoms with van der Waals surface area (Å²) >= 11 is 0. The van der Waals surface area contributed by atoms with Gasteiger partial charge in [-0.1, -0.05) is 18.2 Å². The molecule has 1 aromatic carbocycles. The maximum absolute atomic E-state index is 13.7. The molecule has 0 atom stereocenters. The van der Waals surface area contributed by atoms with E-state index in [-0.39, 0.29) is 5.82 Å². The number of allylic oxidation sites excluding steroid dienone is 1. The van der Waals surface area contributed by atoms with Crippen molar-refractivity contribution in [2.45, 2.75) is 13.8 Å². The van der Waals surface area contributed by atoms with Gasteiger partial charge in [0.05, 0.1) is 11.6 Å². The van der Waals surface area contributed by atoms with E-state index in [0.717, 1.165) is 17.0 Å². The van der Waals surface area contributed by atoms with E-state index in [4.69, 9.17) is 0 Å². The van der Waals surface area contributed by atoms with Gasteiger partial charge in [-0.2, -0.15) is 5.26 Å². The molecule has 0 spiro atoms. The van der Waals surface area contributed by atoms with E-state index in [2.05, 4.69) is 6.07 Å². The average molecular weight is 254 g/mol. The van der Waals surface area contributed by atoms with E-state index in [1.807, 2.05) is 31.5 Å². The Labute approximate surface area is 112 Å². The highest BCUT2D eigenvalue weighted by Gasteiger charge is 2.09. The Morgan fingerprint density at radius 1 is 1.32 bits per heavy atom. The van der Waals surface area contributed by atoms with E-state index in [0.29, 0.717) is 11.1 Å². The molecule has 0 saturated carbocycles. The Morgan fingerprint density at radius 3 is 2.53 bits per heavy atom. The summed E-state index contributed by atoms with van der Waals surface area (Å²) in [6, 6.07) is 10.4. The molecule has 0 fully saturated rings. The predicted molar refractivity (Wildman–Crippen MR) is 74.8 cm³/mol. The maximum Gasteiger partial charge on any atom is 0.131 e. The van der Waals surface area contributed by atoms with Crippen LogP contribution in [-0.2, 0) is 7.05 Å². The Kier molecular flexibility index (Phi) is 3.52. The van der Waals surface area contributed by atoms with Crippen molar-refractivity contribution in [3.8, 4) is 6.07 Å². The second-order valence-electron chi connectivity index (χ2n) is 4.54. The van der Waals surface area contributed by atoms with Crippen molar-refractivity contribution >= 4 is 11.6 Å². The van der Waals surface area contributed by atoms with Gasteiger partial charge in [0.1, 0.15) is 5.82 Å². The summed E-state index contributed by atoms with van der Waals surface area (Å²) < 4.78 is 15.8. The van der Waals surface area contributed by atoms with E-state index >= 15 is 0 Å². The van der Waals surface area contributed by atoms with Crippen LogP contribution in [0.3, 0.4) is 0 Å². The lowest BCUT2D eigenvalue weighted by Crippen LogP contribution is -1.93. The second kappa shape index (κ2) is 5.11. The molecule has 0 amide bonds. The Hall–Kier alpha value is -2.34. The molecule has 19 heavy (non-hydrogen) atoms. The lowest BCUT2D eigenvalue weighted by molar-refractivity contribution is 0.624. The molecule has 2 rings (SSSR count). The molecule has 0 aliphatic heterocycles. The first-order chi connectivity index (χ1) is 9.04. The van der Waals surface area contributed by atoms with Crippen molar-refractivity contribution in [1.82, 2.24) is 4.57 Å². The largest absolute Gasteiger partial charge is 0.352 e. The van der Waals surface area contributed by atoms with Crippen molar-refractivity contribution in [3.05, 3.63) is 58.7 Å². The van der Waals surface area contributed by atoms with Crippen LogP contribution in [0.2, 0.25) is 0 Å². The smallest absolute Gasteiger partial charge is 0.131 e. The minimum Gasteiger partial charge on any atom is -0.352 e. The monoisotopic (exact) mass is 254 g/mol. The molecule has 0 bridgehead atoms. The van der Waals surface area contributed by atoms with Gasteiger partial charge in [0.15, 0.2) is 0 Å². The van der Waals surface area contributed by atoms with Gasteiger partial charge in [-0.25, -0.2) is 4.39 Å². The molecular weight excluding hydrogens is 239 g/mol. The molecular formula is C16H15FN2. The fourth-order valence-corrected chi connectivity index (χ4v) is 2.04. The third-order valence-corrected chi connectivity index (χ3v) is 3.40. The number of aryl methyl sites for hydroxylation is 1. The summed E-state index contributed by atoms with van der Waals surface area (Å²) in [7, 11) is 1.97. The number of nitrogens with zero attached hydrogens (tertiary/aromatic N) is 2. The standard InChI is InChI=1S/C16H15FN2/c1-11-8-13(12(2)19(11)3)9-14(10-18)15-6-4-5-7-16(15)17/h4-9H,1-3H3. The van der Waals surface area contributed by atoms with Crippen molar-refractivity contribution < 1.29 is 4.39 Å². The number of halogens is 1. The lowest BCUT2D eigenvalue weighted by Gasteiger charge is -2.02. The molecule has 0 unspecified atom stereocenters. The average Bonchev–Trinajstić information content (AvgIpc) is 2.64. The molecule has 0 aliphatic carbocycles. The molecule has 2 nitrogen and oxygen atoms in total. The minimum atomic E-state index is -0.374. The van der Waals surface area contributed by atoms with Crippen LogP contribution >= 0.6 is 0 Å². The van der Waals surface area contributed by atoms with Crippen molar-refractivity contribution in [3.63, 3.8) is 0 Å². The van der Waals surface area contributed by atoms with Crippen LogP contribution in [0.15, 0.2) is 30.3 Å². The van der Waals surface area contributed by atoms with Gasteiger partial charge in [0, 0.05) is 24.0 Å². The second-order valence-corrected chi connectivity index (χ2v) is 4.54. The van der Waals surface area contributed by atoms with Crippen molar-refractivity contribution in [2.24, 2.45) is 7.05 Å². The topological polar surface area (TPSA) is 28.7 Å². The van der Waals surface area contributed by atoms with Crippen LogP contribution in [0.1, 0.15) is 22.5 Å². The molecule has 0 N–H and O–H groups in total. The molecule has 2 aromatic rings. The Morgan fingerprint density at radius 2 is 2.00 bits per heavy atom. The van der Waals surface area contributed by atoms with Crippen molar-refractivity contribution in [1.29, 1.82) is 5.26 Å². The maximum atomic E-state index is 13.7. The van der Waals surface area contributed by atoms with Crippen LogP contribution in [0.25, 0.3) is 11.6 Å². The van der Waals surface area contributed by atoms with Crippen LogP contribution in [0.4, 0.5) is 4.39 Å². The zero-order valence-corrected chi connectivity index (χ0v) is 11.2. The van der Waals surface area contributed by atoms with Gasteiger partial charge in [0.2, 0.25) is 0 Å². The first-order valence-electron chi connectivity index (χ1n) is 6.04. The number of hydrogen-bond donors (Lipinski definition) is 0. The van der Waals surface area contributed by atoms with Gasteiger partial charge in [0.25, 0.3) is 0 Å². The fraction of sp³-hybridized carbons (Fsp3) is 0.188. The highest BCUT2D eigenvalue weighted by molar-refractivity contribution is 5.90. The highest BCUT2D eigenvalue weighted by Crippen LogP contribution is 2.23. The predicted octanol–water partition coefficient (Wildman–Crippen LogP) is 3.85. The van der Waals surface area contributed by atoms with Crippen molar-refractivity contribution in [2.75, 3.05) is 0 Å². The highest BCUT2D eigenvalue weighted by atomic mass is 19.1. The quantitative estimate of drug-likeness (QED) is 0.748. The first kappa shape index (κ1) is 13.1. The van der Waals surface area contributed by atoms with Gasteiger partial charge in [-0.05, 0) is 37.6 Å². The number of hydrogen-bond acceptors (Lipinski definition) is 1. The molecule has 3 heteroatoms. The van der Waals surface area contributed by atoms with Crippen LogP contribution in [0, 0.1) is 31.0 Å². The third-order valence-electron chi connectivity index (χ3n) is 3.40. The first-order valence-corrected chi connectivity index (χ1v) is 6.04. The third kappa shape index (κ3) is 2.43. The SMILES string of the molecule is Cc1cc(C=C(C#N)c2ccccc2F)c(C)n1C. The van der Waals surface area contributed by atoms with E-state index < -0.39 is 0 Å². The minimum absolute atomic E-state index is 0.339. The summed E-state index contributed by atoms with van der Waals surface area (Å²) in [6.45, 7) is 3.98. The summed E-state index contributed by atoms with van der Waals surface area (Å²) in [5, 5.41) is 9.24. The lowest BCUT2D eigenvalue weighted by atomic mass is 10.0. The number of rotatable bonds is 2. The number of benzene rings is 1. The zero-order chi connectivity index (χ0) is 14.0. The van der Waals surface area contributed by atoms with Crippen LogP contribution < -0.4 is 0 Å².